The molecule has 9 atom stereocenters. The molecule has 4 unspecified atom stereocenters. The Labute approximate surface area is 369 Å². The van der Waals surface area contributed by atoms with Crippen LogP contribution in [0.25, 0.3) is 0 Å². The second kappa shape index (κ2) is 36.1. The van der Waals surface area contributed by atoms with Crippen LogP contribution in [-0.4, -0.2) is 110 Å². The van der Waals surface area contributed by atoms with Crippen molar-refractivity contribution in [3.05, 3.63) is 97.2 Å². The zero-order valence-corrected chi connectivity index (χ0v) is 37.6. The molecule has 0 aromatic carbocycles. The number of aliphatic hydroxyl groups excluding tert-OH is 6. The van der Waals surface area contributed by atoms with Crippen molar-refractivity contribution < 1.29 is 68.2 Å². The van der Waals surface area contributed by atoms with E-state index in [9.17, 15) is 49.7 Å². The molecule has 0 heterocycles. The van der Waals surface area contributed by atoms with Gasteiger partial charge in [-0.05, 0) is 83.5 Å². The summed E-state index contributed by atoms with van der Waals surface area (Å²) >= 11 is 0. The normalized spacial score (nSPS) is 23.3. The van der Waals surface area contributed by atoms with E-state index in [0.717, 1.165) is 44.9 Å². The lowest BCUT2D eigenvalue weighted by Crippen LogP contribution is -2.64. The van der Waals surface area contributed by atoms with Crippen molar-refractivity contribution in [1.29, 1.82) is 0 Å². The smallest absolute Gasteiger partial charge is 0.462 e. The highest BCUT2D eigenvalue weighted by Crippen LogP contribution is 2.47. The molecule has 0 radical (unpaired) electrons. The van der Waals surface area contributed by atoms with Gasteiger partial charge in [-0.25, -0.2) is 4.57 Å². The van der Waals surface area contributed by atoms with Crippen molar-refractivity contribution in [3.8, 4) is 0 Å². The third-order valence-electron chi connectivity index (χ3n) is 9.48. The molecular weight excluding hydrogens is 819 g/mol. The SMILES string of the molecule is CC/C=C\C(O)C/C=C/C=C\C/C=C\C/C=C\CCCC(=O)OC[C@H](COP(=O)(O)OC1[C@H](O)[C@H](O)C(O)[C@H](O)[C@H]1O)OC(=O)CCCC/C=C\C/C=C\C/C=C\CCCCC. The van der Waals surface area contributed by atoms with Crippen LogP contribution in [0.3, 0.4) is 0 Å². The molecule has 1 aliphatic rings. The van der Waals surface area contributed by atoms with Gasteiger partial charge in [0.15, 0.2) is 6.10 Å². The van der Waals surface area contributed by atoms with Crippen LogP contribution in [0.1, 0.15) is 123 Å². The number of rotatable bonds is 34. The Bertz CT molecular complexity index is 1470. The average Bonchev–Trinajstić information content (AvgIpc) is 3.25. The molecule has 7 N–H and O–H groups in total. The first-order valence-corrected chi connectivity index (χ1v) is 23.6. The highest BCUT2D eigenvalue weighted by molar-refractivity contribution is 7.47. The summed E-state index contributed by atoms with van der Waals surface area (Å²) in [6, 6.07) is 0. The third kappa shape index (κ3) is 28.4. The Morgan fingerprint density at radius 2 is 1.10 bits per heavy atom. The molecule has 0 aromatic rings. The van der Waals surface area contributed by atoms with Crippen molar-refractivity contribution in [2.24, 2.45) is 0 Å². The number of phosphoric acid groups is 1. The lowest BCUT2D eigenvalue weighted by Gasteiger charge is -2.41. The number of allylic oxidation sites excluding steroid dienone is 14. The summed E-state index contributed by atoms with van der Waals surface area (Å²) < 4.78 is 33.3. The molecule has 0 saturated heterocycles. The van der Waals surface area contributed by atoms with Gasteiger partial charge in [0.25, 0.3) is 0 Å². The number of hydrogen-bond donors (Lipinski definition) is 7. The standard InChI is InChI=1S/C47H75O14P/c1-3-5-7-8-9-10-11-12-13-14-19-22-25-28-31-35-41(50)60-39(37-59-62(56,57)61-47-45(54)43(52)42(51)44(53)46(47)55)36-58-40(49)34-30-27-24-21-18-16-15-17-20-23-26-29-33-38(48)32-6-4-2/h6,9-10,12-13,15-16,19-24,26,29,32,38-39,42-48,51-55H,3-5,7-8,11,14,17-18,25,27-28,30-31,33-37H2,1-2H3,(H,56,57)/b10-9-,13-12-,16-15-,22-19-,23-20-,24-21-,29-26+,32-6-/t38?,39-,42?,43-,44+,45-,46-,47?/m1/s1. The fraction of sp³-hybridized carbons (Fsp3) is 0.617. The molecule has 0 bridgehead atoms. The average molecular weight is 895 g/mol. The second-order valence-corrected chi connectivity index (χ2v) is 16.4. The van der Waals surface area contributed by atoms with E-state index in [0.29, 0.717) is 32.1 Å². The number of ether oxygens (including phenoxy) is 2. The summed E-state index contributed by atoms with van der Waals surface area (Å²) in [6.07, 6.45) is 31.0. The predicted molar refractivity (Wildman–Crippen MR) is 240 cm³/mol. The van der Waals surface area contributed by atoms with Gasteiger partial charge in [-0.15, -0.1) is 0 Å². The molecule has 1 fully saturated rings. The minimum absolute atomic E-state index is 0.0212. The summed E-state index contributed by atoms with van der Waals surface area (Å²) in [5, 5.41) is 59.9. The second-order valence-electron chi connectivity index (χ2n) is 15.0. The predicted octanol–water partition coefficient (Wildman–Crippen LogP) is 7.24. The van der Waals surface area contributed by atoms with E-state index >= 15 is 0 Å². The molecule has 0 amide bonds. The molecule has 0 aromatic heterocycles. The number of carbonyl (C=O) groups excluding carboxylic acids is 2. The van der Waals surface area contributed by atoms with Crippen LogP contribution < -0.4 is 0 Å². The molecule has 1 rings (SSSR count). The van der Waals surface area contributed by atoms with Crippen molar-refractivity contribution in [3.63, 3.8) is 0 Å². The summed E-state index contributed by atoms with van der Waals surface area (Å²) in [5.74, 6) is -1.25. The first kappa shape index (κ1) is 56.7. The van der Waals surface area contributed by atoms with Gasteiger partial charge in [-0.3, -0.25) is 18.6 Å². The fourth-order valence-corrected chi connectivity index (χ4v) is 6.85. The van der Waals surface area contributed by atoms with Gasteiger partial charge in [-0.1, -0.05) is 124 Å². The fourth-order valence-electron chi connectivity index (χ4n) is 5.88. The summed E-state index contributed by atoms with van der Waals surface area (Å²) in [6.45, 7) is 2.92. The van der Waals surface area contributed by atoms with Crippen molar-refractivity contribution in [2.75, 3.05) is 13.2 Å². The van der Waals surface area contributed by atoms with Crippen LogP contribution in [0.15, 0.2) is 97.2 Å². The van der Waals surface area contributed by atoms with Crippen LogP contribution in [0.4, 0.5) is 0 Å². The van der Waals surface area contributed by atoms with Crippen LogP contribution in [0.2, 0.25) is 0 Å². The maximum absolute atomic E-state index is 12.8. The maximum Gasteiger partial charge on any atom is 0.472 e. The molecule has 1 saturated carbocycles. The van der Waals surface area contributed by atoms with Gasteiger partial charge < -0.3 is 45.0 Å². The largest absolute Gasteiger partial charge is 0.472 e. The molecular formula is C47H75O14P. The lowest BCUT2D eigenvalue weighted by molar-refractivity contribution is -0.220. The molecule has 352 valence electrons. The highest BCUT2D eigenvalue weighted by Gasteiger charge is 2.51. The molecule has 1 aliphatic carbocycles. The van der Waals surface area contributed by atoms with Crippen molar-refractivity contribution in [2.45, 2.75) is 172 Å². The van der Waals surface area contributed by atoms with Crippen LogP contribution in [0.5, 0.6) is 0 Å². The minimum atomic E-state index is -5.16. The van der Waals surface area contributed by atoms with Crippen LogP contribution in [0, 0.1) is 0 Å². The van der Waals surface area contributed by atoms with Gasteiger partial charge in [0.2, 0.25) is 0 Å². The van der Waals surface area contributed by atoms with E-state index < -0.39 is 81.8 Å². The topological polar surface area (TPSA) is 230 Å². The lowest BCUT2D eigenvalue weighted by atomic mass is 9.85. The number of aliphatic hydroxyl groups is 6. The molecule has 15 heteroatoms. The first-order chi connectivity index (χ1) is 29.8. The first-order valence-electron chi connectivity index (χ1n) is 22.1. The van der Waals surface area contributed by atoms with Crippen LogP contribution >= 0.6 is 7.82 Å². The number of hydrogen-bond acceptors (Lipinski definition) is 13. The Kier molecular flexibility index (Phi) is 33.1. The Morgan fingerprint density at radius 1 is 0.597 bits per heavy atom. The van der Waals surface area contributed by atoms with E-state index in [-0.39, 0.29) is 12.8 Å². The number of esters is 2. The molecule has 0 aliphatic heterocycles. The van der Waals surface area contributed by atoms with E-state index in [2.05, 4.69) is 37.3 Å². The van der Waals surface area contributed by atoms with Crippen molar-refractivity contribution in [1.82, 2.24) is 0 Å². The van der Waals surface area contributed by atoms with Gasteiger partial charge in [0.1, 0.15) is 43.2 Å². The molecule has 62 heavy (non-hydrogen) atoms. The monoisotopic (exact) mass is 894 g/mol. The summed E-state index contributed by atoms with van der Waals surface area (Å²) in [4.78, 5) is 35.6. The zero-order chi connectivity index (χ0) is 45.9. The Balaban J connectivity index is 2.57. The zero-order valence-electron chi connectivity index (χ0n) is 36.7. The van der Waals surface area contributed by atoms with Crippen LogP contribution in [-0.2, 0) is 32.7 Å². The minimum Gasteiger partial charge on any atom is -0.462 e. The van der Waals surface area contributed by atoms with Gasteiger partial charge in [0, 0.05) is 12.8 Å². The number of carbonyl (C=O) groups is 2. The van der Waals surface area contributed by atoms with E-state index in [1.165, 1.54) is 19.3 Å². The number of phosphoric ester groups is 1. The molecule has 0 spiro atoms. The van der Waals surface area contributed by atoms with Gasteiger partial charge in [-0.2, -0.15) is 0 Å². The van der Waals surface area contributed by atoms with E-state index in [4.69, 9.17) is 18.5 Å². The van der Waals surface area contributed by atoms with Gasteiger partial charge in [0.05, 0.1) is 12.7 Å². The van der Waals surface area contributed by atoms with Gasteiger partial charge >= 0.3 is 19.8 Å². The number of unbranched alkanes of at least 4 members (excludes halogenated alkanes) is 6. The summed E-state index contributed by atoms with van der Waals surface area (Å²) in [5.41, 5.74) is 0. The Morgan fingerprint density at radius 3 is 1.68 bits per heavy atom. The quantitative estimate of drug-likeness (QED) is 0.0111. The maximum atomic E-state index is 12.8. The summed E-state index contributed by atoms with van der Waals surface area (Å²) in [7, 11) is -5.16. The Hall–Kier alpha value is -3.27. The third-order valence-corrected chi connectivity index (χ3v) is 10.5. The molecule has 14 nitrogen and oxygen atoms in total. The van der Waals surface area contributed by atoms with E-state index in [1.54, 1.807) is 6.08 Å². The van der Waals surface area contributed by atoms with Crippen molar-refractivity contribution >= 4 is 19.8 Å². The highest BCUT2D eigenvalue weighted by atomic mass is 31.2. The van der Waals surface area contributed by atoms with E-state index in [1.807, 2.05) is 67.7 Å².